The highest BCUT2D eigenvalue weighted by atomic mass is 32.2. The Labute approximate surface area is 143 Å². The lowest BCUT2D eigenvalue weighted by Crippen LogP contribution is -2.37. The van der Waals surface area contributed by atoms with E-state index in [-0.39, 0.29) is 23.2 Å². The Morgan fingerprint density at radius 3 is 2.92 bits per heavy atom. The molecule has 0 bridgehead atoms. The third kappa shape index (κ3) is 3.16. The Bertz CT molecular complexity index is 876. The predicted octanol–water partition coefficient (Wildman–Crippen LogP) is 1.65. The van der Waals surface area contributed by atoms with Crippen LogP contribution < -0.4 is 4.90 Å². The van der Waals surface area contributed by atoms with Gasteiger partial charge in [0, 0.05) is 10.9 Å². The van der Waals surface area contributed by atoms with Gasteiger partial charge in [0.25, 0.3) is 5.91 Å². The van der Waals surface area contributed by atoms with E-state index >= 15 is 0 Å². The molecule has 1 aromatic carbocycles. The van der Waals surface area contributed by atoms with Gasteiger partial charge in [0.05, 0.1) is 23.6 Å². The summed E-state index contributed by atoms with van der Waals surface area (Å²) in [6, 6.07) is 5.93. The standard InChI is InChI=1S/C15H14FN3O3S2/c1-9-2-3-10(6-11(9)16)19-12-7-24(21,22)8-13(12)23-15(19)18-14(20)4-5-17/h2-3,6,12-13H,4,7-8H2,1H3/t12-,13-/m0/s1. The average Bonchev–Trinajstić information content (AvgIpc) is 2.93. The third-order valence-corrected chi connectivity index (χ3v) is 7.16. The molecule has 6 nitrogen and oxygen atoms in total. The molecule has 9 heteroatoms. The molecule has 3 rings (SSSR count). The van der Waals surface area contributed by atoms with Gasteiger partial charge in [0.1, 0.15) is 12.2 Å². The maximum absolute atomic E-state index is 13.9. The number of halogens is 1. The summed E-state index contributed by atoms with van der Waals surface area (Å²) < 4.78 is 37.8. The fraction of sp³-hybridized carbons (Fsp3) is 0.400. The molecule has 2 aliphatic heterocycles. The normalized spacial score (nSPS) is 26.4. The van der Waals surface area contributed by atoms with E-state index in [2.05, 4.69) is 4.99 Å². The highest BCUT2D eigenvalue weighted by molar-refractivity contribution is 8.16. The van der Waals surface area contributed by atoms with E-state index in [1.165, 1.54) is 17.8 Å². The van der Waals surface area contributed by atoms with Gasteiger partial charge in [-0.3, -0.25) is 4.79 Å². The van der Waals surface area contributed by atoms with Crippen LogP contribution in [-0.2, 0) is 14.6 Å². The molecule has 0 aromatic heterocycles. The number of amidine groups is 1. The van der Waals surface area contributed by atoms with Crippen molar-refractivity contribution in [3.8, 4) is 6.07 Å². The number of rotatable bonds is 2. The van der Waals surface area contributed by atoms with E-state index in [1.54, 1.807) is 30.0 Å². The molecule has 2 fully saturated rings. The number of hydrogen-bond donors (Lipinski definition) is 0. The van der Waals surface area contributed by atoms with Gasteiger partial charge in [-0.15, -0.1) is 0 Å². The number of aliphatic imine (C=N–C) groups is 1. The number of fused-ring (bicyclic) bond motifs is 1. The van der Waals surface area contributed by atoms with Crippen LogP contribution >= 0.6 is 11.8 Å². The van der Waals surface area contributed by atoms with Crippen LogP contribution in [-0.4, -0.2) is 42.3 Å². The number of thioether (sulfide) groups is 1. The van der Waals surface area contributed by atoms with Crippen molar-refractivity contribution in [1.29, 1.82) is 5.26 Å². The summed E-state index contributed by atoms with van der Waals surface area (Å²) in [5.74, 6) is -1.07. The number of nitrogens with zero attached hydrogens (tertiary/aromatic N) is 3. The Morgan fingerprint density at radius 1 is 1.50 bits per heavy atom. The average molecular weight is 367 g/mol. The molecule has 2 atom stereocenters. The molecule has 126 valence electrons. The summed E-state index contributed by atoms with van der Waals surface area (Å²) in [5, 5.41) is 8.67. The molecule has 0 aliphatic carbocycles. The number of anilines is 1. The van der Waals surface area contributed by atoms with Gasteiger partial charge in [-0.1, -0.05) is 17.8 Å². The summed E-state index contributed by atoms with van der Waals surface area (Å²) in [7, 11) is -3.18. The van der Waals surface area contributed by atoms with E-state index in [4.69, 9.17) is 5.26 Å². The molecule has 1 aromatic rings. The van der Waals surface area contributed by atoms with Gasteiger partial charge in [0.15, 0.2) is 15.0 Å². The predicted molar refractivity (Wildman–Crippen MR) is 90.1 cm³/mol. The van der Waals surface area contributed by atoms with Crippen LogP contribution in [0.25, 0.3) is 0 Å². The SMILES string of the molecule is Cc1ccc(N2C(=NC(=O)CC#N)S[C@H]3CS(=O)(=O)C[C@@H]32)cc1F. The van der Waals surface area contributed by atoms with E-state index < -0.39 is 27.6 Å². The molecular formula is C15H14FN3O3S2. The second-order valence-corrected chi connectivity index (χ2v) is 9.09. The van der Waals surface area contributed by atoms with Crippen molar-refractivity contribution in [2.75, 3.05) is 16.4 Å². The molecule has 2 aliphatic rings. The van der Waals surface area contributed by atoms with Crippen LogP contribution in [0.1, 0.15) is 12.0 Å². The summed E-state index contributed by atoms with van der Waals surface area (Å²) >= 11 is 1.19. The molecule has 0 N–H and O–H groups in total. The molecule has 2 heterocycles. The summed E-state index contributed by atoms with van der Waals surface area (Å²) in [6.45, 7) is 1.63. The minimum absolute atomic E-state index is 0.00135. The first-order chi connectivity index (χ1) is 11.3. The Morgan fingerprint density at radius 2 is 2.25 bits per heavy atom. The lowest BCUT2D eigenvalue weighted by atomic mass is 10.1. The van der Waals surface area contributed by atoms with Crippen molar-refractivity contribution >= 4 is 38.4 Å². The van der Waals surface area contributed by atoms with Crippen molar-refractivity contribution in [3.63, 3.8) is 0 Å². The van der Waals surface area contributed by atoms with Gasteiger partial charge in [-0.2, -0.15) is 10.3 Å². The van der Waals surface area contributed by atoms with Crippen LogP contribution in [0.5, 0.6) is 0 Å². The number of hydrogen-bond acceptors (Lipinski definition) is 5. The van der Waals surface area contributed by atoms with Crippen LogP contribution in [0.15, 0.2) is 23.2 Å². The number of sulfone groups is 1. The van der Waals surface area contributed by atoms with Crippen LogP contribution in [0.4, 0.5) is 10.1 Å². The van der Waals surface area contributed by atoms with Crippen molar-refractivity contribution < 1.29 is 17.6 Å². The van der Waals surface area contributed by atoms with Crippen molar-refractivity contribution in [1.82, 2.24) is 0 Å². The lowest BCUT2D eigenvalue weighted by Gasteiger charge is -2.24. The van der Waals surface area contributed by atoms with E-state index in [9.17, 15) is 17.6 Å². The Kier molecular flexibility index (Phi) is 4.36. The number of nitriles is 1. The summed E-state index contributed by atoms with van der Waals surface area (Å²) in [5.41, 5.74) is 0.930. The highest BCUT2D eigenvalue weighted by Gasteiger charge is 2.49. The molecule has 24 heavy (non-hydrogen) atoms. The largest absolute Gasteiger partial charge is 0.315 e. The number of amides is 1. The van der Waals surface area contributed by atoms with E-state index in [0.717, 1.165) is 0 Å². The molecule has 2 saturated heterocycles. The maximum Gasteiger partial charge on any atom is 0.262 e. The molecule has 1 amide bonds. The zero-order valence-electron chi connectivity index (χ0n) is 12.8. The van der Waals surface area contributed by atoms with Gasteiger partial charge in [-0.05, 0) is 24.6 Å². The zero-order chi connectivity index (χ0) is 17.5. The molecular weight excluding hydrogens is 353 g/mol. The number of aryl methyl sites for hydroxylation is 1. The van der Waals surface area contributed by atoms with Crippen LogP contribution in [0.2, 0.25) is 0 Å². The van der Waals surface area contributed by atoms with Gasteiger partial charge < -0.3 is 4.90 Å². The monoisotopic (exact) mass is 367 g/mol. The first kappa shape index (κ1) is 16.9. The molecule has 0 radical (unpaired) electrons. The number of carbonyl (C=O) groups excluding carboxylic acids is 1. The van der Waals surface area contributed by atoms with Gasteiger partial charge >= 0.3 is 0 Å². The van der Waals surface area contributed by atoms with Crippen LogP contribution in [0, 0.1) is 24.1 Å². The zero-order valence-corrected chi connectivity index (χ0v) is 14.4. The maximum atomic E-state index is 13.9. The number of benzene rings is 1. The first-order valence-electron chi connectivity index (χ1n) is 7.21. The highest BCUT2D eigenvalue weighted by Crippen LogP contribution is 2.41. The summed E-state index contributed by atoms with van der Waals surface area (Å²) in [4.78, 5) is 17.2. The van der Waals surface area contributed by atoms with Crippen molar-refractivity contribution in [2.45, 2.75) is 24.6 Å². The first-order valence-corrected chi connectivity index (χ1v) is 9.92. The van der Waals surface area contributed by atoms with Gasteiger partial charge in [-0.25, -0.2) is 12.8 Å². The Hall–Kier alpha value is -1.92. The van der Waals surface area contributed by atoms with E-state index in [1.807, 2.05) is 0 Å². The second-order valence-electron chi connectivity index (χ2n) is 5.73. The quantitative estimate of drug-likeness (QED) is 0.789. The van der Waals surface area contributed by atoms with Crippen molar-refractivity contribution in [2.24, 2.45) is 4.99 Å². The molecule has 0 unspecified atom stereocenters. The minimum atomic E-state index is -3.18. The van der Waals surface area contributed by atoms with E-state index in [0.29, 0.717) is 16.4 Å². The van der Waals surface area contributed by atoms with Gasteiger partial charge in [0.2, 0.25) is 0 Å². The third-order valence-electron chi connectivity index (χ3n) is 3.95. The second kappa shape index (κ2) is 6.18. The fourth-order valence-electron chi connectivity index (χ4n) is 2.81. The number of carbonyl (C=O) groups is 1. The Balaban J connectivity index is 2.03. The minimum Gasteiger partial charge on any atom is -0.315 e. The molecule has 0 saturated carbocycles. The topological polar surface area (TPSA) is 90.6 Å². The smallest absolute Gasteiger partial charge is 0.262 e. The molecule has 0 spiro atoms. The van der Waals surface area contributed by atoms with Crippen molar-refractivity contribution in [3.05, 3.63) is 29.6 Å². The lowest BCUT2D eigenvalue weighted by molar-refractivity contribution is -0.116. The van der Waals surface area contributed by atoms with Crippen LogP contribution in [0.3, 0.4) is 0 Å². The summed E-state index contributed by atoms with van der Waals surface area (Å²) in [6.07, 6.45) is -0.353. The fourth-order valence-corrected chi connectivity index (χ4v) is 6.74.